The lowest BCUT2D eigenvalue weighted by atomic mass is 9.89. The molecular weight excluding hydrogens is 570 g/mol. The lowest BCUT2D eigenvalue weighted by molar-refractivity contribution is -0.173. The first-order valence-corrected chi connectivity index (χ1v) is 15.2. The number of nitrogens with one attached hydrogen (secondary N) is 3. The number of rotatable bonds is 15. The molecule has 234 valence electrons. The Labute approximate surface area is 245 Å². The maximum absolute atomic E-state index is 12.1. The van der Waals surface area contributed by atoms with Crippen LogP contribution in [0.5, 0.6) is 0 Å². The van der Waals surface area contributed by atoms with Crippen LogP contribution in [-0.4, -0.2) is 83.1 Å². The van der Waals surface area contributed by atoms with E-state index in [0.29, 0.717) is 38.0 Å². The number of benzene rings is 1. The van der Waals surface area contributed by atoms with Crippen molar-refractivity contribution in [3.63, 3.8) is 0 Å². The molecule has 1 aromatic heterocycles. The third-order valence-corrected chi connectivity index (χ3v) is 7.59. The normalized spacial score (nSPS) is 21.6. The molecule has 42 heavy (non-hydrogen) atoms. The number of aromatic nitrogens is 3. The summed E-state index contributed by atoms with van der Waals surface area (Å²) in [6.07, 6.45) is -0.593. The summed E-state index contributed by atoms with van der Waals surface area (Å²) in [6, 6.07) is 8.20. The molecule has 16 heteroatoms. The minimum absolute atomic E-state index is 0.0720. The van der Waals surface area contributed by atoms with Gasteiger partial charge in [0.15, 0.2) is 0 Å². The van der Waals surface area contributed by atoms with Crippen LogP contribution in [0.1, 0.15) is 44.4 Å². The summed E-state index contributed by atoms with van der Waals surface area (Å²) in [6.45, 7) is 4.27. The molecule has 1 aliphatic heterocycles. The highest BCUT2D eigenvalue weighted by molar-refractivity contribution is 7.85. The van der Waals surface area contributed by atoms with E-state index in [0.717, 1.165) is 5.56 Å². The second-order valence-electron chi connectivity index (χ2n) is 10.7. The molecule has 15 nitrogen and oxygen atoms in total. The molecule has 2 heterocycles. The predicted molar refractivity (Wildman–Crippen MR) is 150 cm³/mol. The Hall–Kier alpha value is -3.15. The number of carbonyl (C=O) groups is 2. The molecule has 3 rings (SSSR count). The minimum Gasteiger partial charge on any atom is -0.390 e. The molecule has 5 atom stereocenters. The van der Waals surface area contributed by atoms with Crippen LogP contribution in [0, 0.1) is 11.8 Å². The second kappa shape index (κ2) is 15.9. The van der Waals surface area contributed by atoms with Gasteiger partial charge in [-0.25, -0.2) is 9.52 Å². The standard InChI is InChI=1S/C26H41N7O8S/c1-17(2)11-21(27)25(36)31-42(38,39)41-16-22-24(35)23(34)19(15-40-22)9-6-10-33-14-20(30-32-33)13-29-26(37)28-12-18-7-4-3-5-8-18/h3-5,7-8,14,17,19,21-24,34-35H,6,9-13,15-16,27H2,1-2H3,(H,31,36)(H2,28,29,37)/t19-,21+,22-,23+,24-/m1/s1. The van der Waals surface area contributed by atoms with Gasteiger partial charge in [-0.15, -0.1) is 5.10 Å². The van der Waals surface area contributed by atoms with Crippen LogP contribution < -0.4 is 21.1 Å². The van der Waals surface area contributed by atoms with E-state index in [1.54, 1.807) is 15.6 Å². The van der Waals surface area contributed by atoms with Gasteiger partial charge in [0.05, 0.1) is 38.1 Å². The van der Waals surface area contributed by atoms with Gasteiger partial charge in [0.25, 0.3) is 5.91 Å². The Balaban J connectivity index is 1.34. The smallest absolute Gasteiger partial charge is 0.362 e. The summed E-state index contributed by atoms with van der Waals surface area (Å²) in [5, 5.41) is 34.6. The van der Waals surface area contributed by atoms with Crippen LogP contribution in [-0.2, 0) is 43.7 Å². The van der Waals surface area contributed by atoms with E-state index >= 15 is 0 Å². The highest BCUT2D eigenvalue weighted by atomic mass is 32.2. The van der Waals surface area contributed by atoms with Gasteiger partial charge in [-0.05, 0) is 30.7 Å². The van der Waals surface area contributed by atoms with E-state index in [9.17, 15) is 28.2 Å². The molecule has 0 aliphatic carbocycles. The van der Waals surface area contributed by atoms with Crippen molar-refractivity contribution < 1.29 is 37.1 Å². The van der Waals surface area contributed by atoms with Crippen molar-refractivity contribution in [2.75, 3.05) is 13.2 Å². The molecule has 0 spiro atoms. The van der Waals surface area contributed by atoms with Crippen molar-refractivity contribution in [2.45, 2.75) is 77.1 Å². The van der Waals surface area contributed by atoms with Crippen molar-refractivity contribution in [1.29, 1.82) is 0 Å². The van der Waals surface area contributed by atoms with E-state index < -0.39 is 53.1 Å². The average molecular weight is 612 g/mol. The maximum atomic E-state index is 12.1. The second-order valence-corrected chi connectivity index (χ2v) is 12.0. The molecular formula is C26H41N7O8S. The number of aryl methyl sites for hydroxylation is 1. The SMILES string of the molecule is CC(C)C[C@H](N)C(=O)NS(=O)(=O)OC[C@H]1OC[C@@H](CCCn2cc(CNC(=O)NCc3ccccc3)nn2)[C@H](O)[C@@H]1O. The van der Waals surface area contributed by atoms with Gasteiger partial charge in [0.1, 0.15) is 17.9 Å². The molecule has 1 aliphatic rings. The number of amides is 3. The first-order chi connectivity index (χ1) is 19.9. The lowest BCUT2D eigenvalue weighted by Gasteiger charge is -2.37. The number of carbonyl (C=O) groups excluding carboxylic acids is 2. The van der Waals surface area contributed by atoms with Gasteiger partial charge in [-0.1, -0.05) is 49.4 Å². The Morgan fingerprint density at radius 3 is 2.60 bits per heavy atom. The van der Waals surface area contributed by atoms with Crippen molar-refractivity contribution in [2.24, 2.45) is 17.6 Å². The molecule has 1 saturated heterocycles. The number of urea groups is 1. The fourth-order valence-corrected chi connectivity index (χ4v) is 5.17. The third kappa shape index (κ3) is 10.9. The quantitative estimate of drug-likeness (QED) is 0.151. The van der Waals surface area contributed by atoms with Gasteiger partial charge < -0.3 is 31.3 Å². The summed E-state index contributed by atoms with van der Waals surface area (Å²) >= 11 is 0. The number of nitrogens with two attached hydrogens (primary N) is 1. The first-order valence-electron chi connectivity index (χ1n) is 13.8. The molecule has 0 saturated carbocycles. The van der Waals surface area contributed by atoms with E-state index in [2.05, 4.69) is 20.9 Å². The monoisotopic (exact) mass is 611 g/mol. The fourth-order valence-electron chi connectivity index (χ4n) is 4.40. The molecule has 3 amide bonds. The van der Waals surface area contributed by atoms with Crippen molar-refractivity contribution in [3.05, 3.63) is 47.8 Å². The van der Waals surface area contributed by atoms with Crippen LogP contribution in [0.15, 0.2) is 36.5 Å². The number of ether oxygens (including phenoxy) is 1. The van der Waals surface area contributed by atoms with Gasteiger partial charge in [0.2, 0.25) is 0 Å². The van der Waals surface area contributed by atoms with Crippen molar-refractivity contribution in [1.82, 2.24) is 30.3 Å². The minimum atomic E-state index is -4.48. The van der Waals surface area contributed by atoms with Crippen LogP contribution in [0.3, 0.4) is 0 Å². The topological polar surface area (TPSA) is 220 Å². The molecule has 0 bridgehead atoms. The fraction of sp³-hybridized carbons (Fsp3) is 0.615. The van der Waals surface area contributed by atoms with Crippen molar-refractivity contribution >= 4 is 22.2 Å². The zero-order valence-electron chi connectivity index (χ0n) is 23.8. The van der Waals surface area contributed by atoms with Crippen LogP contribution in [0.2, 0.25) is 0 Å². The largest absolute Gasteiger partial charge is 0.390 e. The highest BCUT2D eigenvalue weighted by Crippen LogP contribution is 2.25. The maximum Gasteiger partial charge on any atom is 0.362 e. The Morgan fingerprint density at radius 1 is 1.17 bits per heavy atom. The number of hydrogen-bond donors (Lipinski definition) is 6. The lowest BCUT2D eigenvalue weighted by Crippen LogP contribution is -2.52. The molecule has 2 aromatic rings. The van der Waals surface area contributed by atoms with Gasteiger partial charge in [-0.3, -0.25) is 13.7 Å². The molecule has 0 unspecified atom stereocenters. The summed E-state index contributed by atoms with van der Waals surface area (Å²) in [5.41, 5.74) is 7.26. The Bertz CT molecular complexity index is 1240. The first kappa shape index (κ1) is 33.4. The van der Waals surface area contributed by atoms with E-state index in [1.807, 2.05) is 44.2 Å². The van der Waals surface area contributed by atoms with Gasteiger partial charge in [0, 0.05) is 19.0 Å². The number of aliphatic hydroxyl groups excluding tert-OH is 2. The molecule has 0 radical (unpaired) electrons. The molecule has 1 fully saturated rings. The summed E-state index contributed by atoms with van der Waals surface area (Å²) in [5.74, 6) is -1.20. The zero-order valence-corrected chi connectivity index (χ0v) is 24.6. The summed E-state index contributed by atoms with van der Waals surface area (Å²) < 4.78 is 38.0. The van der Waals surface area contributed by atoms with E-state index in [-0.39, 0.29) is 25.1 Å². The summed E-state index contributed by atoms with van der Waals surface area (Å²) in [4.78, 5) is 24.0. The average Bonchev–Trinajstić information content (AvgIpc) is 3.40. The predicted octanol–water partition coefficient (Wildman–Crippen LogP) is -0.454. The van der Waals surface area contributed by atoms with Gasteiger partial charge in [-0.2, -0.15) is 8.42 Å². The van der Waals surface area contributed by atoms with E-state index in [4.69, 9.17) is 14.7 Å². The van der Waals surface area contributed by atoms with E-state index in [1.165, 1.54) is 0 Å². The van der Waals surface area contributed by atoms with Gasteiger partial charge >= 0.3 is 16.3 Å². The highest BCUT2D eigenvalue weighted by Gasteiger charge is 2.39. The number of hydrogen-bond acceptors (Lipinski definition) is 11. The Morgan fingerprint density at radius 2 is 1.88 bits per heavy atom. The third-order valence-electron chi connectivity index (χ3n) is 6.69. The van der Waals surface area contributed by atoms with Crippen LogP contribution in [0.25, 0.3) is 0 Å². The van der Waals surface area contributed by atoms with Crippen LogP contribution >= 0.6 is 0 Å². The van der Waals surface area contributed by atoms with Crippen molar-refractivity contribution in [3.8, 4) is 0 Å². The number of aliphatic hydroxyl groups is 2. The molecule has 7 N–H and O–H groups in total. The zero-order chi connectivity index (χ0) is 30.7. The molecule has 1 aromatic carbocycles. The van der Waals surface area contributed by atoms with Crippen LogP contribution in [0.4, 0.5) is 4.79 Å². The number of nitrogens with zero attached hydrogens (tertiary/aromatic N) is 3. The Kier molecular flexibility index (Phi) is 12.6. The summed E-state index contributed by atoms with van der Waals surface area (Å²) in [7, 11) is -4.48.